The molecule has 2 aliphatic carbocycles. The van der Waals surface area contributed by atoms with Crippen LogP contribution >= 0.6 is 11.3 Å². The molecule has 0 atom stereocenters. The van der Waals surface area contributed by atoms with Crippen LogP contribution in [0.15, 0.2) is 180 Å². The minimum absolute atomic E-state index is 0.422. The SMILES string of the molecule is c1ccc(N(c2ccc3c(c2)C2(c4ccccc4-c4ccccc42)c2ccccc2-3)c2cccc3c2oc2c3ccc3sc4ccccc4c32)cc1. The molecule has 2 nitrogen and oxygen atoms in total. The van der Waals surface area contributed by atoms with Crippen molar-refractivity contribution in [3.63, 3.8) is 0 Å². The van der Waals surface area contributed by atoms with E-state index in [0.717, 1.165) is 39.0 Å². The molecule has 0 amide bonds. The summed E-state index contributed by atoms with van der Waals surface area (Å²) in [6, 6.07) is 64.6. The molecule has 0 radical (unpaired) electrons. The predicted octanol–water partition coefficient (Wildman–Crippen LogP) is 13.8. The molecule has 0 fully saturated rings. The Hall–Kier alpha value is -6.42. The number of hydrogen-bond acceptors (Lipinski definition) is 3. The lowest BCUT2D eigenvalue weighted by Gasteiger charge is -2.32. The van der Waals surface area contributed by atoms with Gasteiger partial charge in [-0.25, -0.2) is 0 Å². The number of nitrogens with zero attached hydrogens (tertiary/aromatic N) is 1. The van der Waals surface area contributed by atoms with Gasteiger partial charge >= 0.3 is 0 Å². The number of rotatable bonds is 3. The van der Waals surface area contributed by atoms with E-state index in [0.29, 0.717) is 0 Å². The third kappa shape index (κ3) is 3.53. The maximum atomic E-state index is 7.08. The topological polar surface area (TPSA) is 16.4 Å². The van der Waals surface area contributed by atoms with Crippen molar-refractivity contribution in [2.24, 2.45) is 0 Å². The molecule has 2 aliphatic rings. The van der Waals surface area contributed by atoms with E-state index in [9.17, 15) is 0 Å². The van der Waals surface area contributed by atoms with Gasteiger partial charge in [0, 0.05) is 42.3 Å². The molecule has 8 aromatic carbocycles. The fourth-order valence-electron chi connectivity index (χ4n) is 9.45. The number of anilines is 3. The van der Waals surface area contributed by atoms with E-state index in [1.807, 2.05) is 11.3 Å². The Morgan fingerprint density at radius 1 is 0.404 bits per heavy atom. The number of benzene rings is 8. The van der Waals surface area contributed by atoms with E-state index < -0.39 is 5.41 Å². The lowest BCUT2D eigenvalue weighted by atomic mass is 9.70. The number of hydrogen-bond donors (Lipinski definition) is 0. The van der Waals surface area contributed by atoms with E-state index >= 15 is 0 Å². The highest BCUT2D eigenvalue weighted by atomic mass is 32.1. The molecule has 2 aromatic heterocycles. The highest BCUT2D eigenvalue weighted by Gasteiger charge is 2.51. The first-order valence-corrected chi connectivity index (χ1v) is 18.7. The van der Waals surface area contributed by atoms with Crippen LogP contribution in [0.5, 0.6) is 0 Å². The van der Waals surface area contributed by atoms with Gasteiger partial charge in [-0.1, -0.05) is 127 Å². The van der Waals surface area contributed by atoms with Gasteiger partial charge in [0.05, 0.1) is 11.1 Å². The minimum Gasteiger partial charge on any atom is -0.453 e. The maximum Gasteiger partial charge on any atom is 0.159 e. The molecule has 0 saturated heterocycles. The third-order valence-corrected chi connectivity index (χ3v) is 12.6. The van der Waals surface area contributed by atoms with Gasteiger partial charge in [-0.3, -0.25) is 0 Å². The van der Waals surface area contributed by atoms with Gasteiger partial charge in [0.15, 0.2) is 5.58 Å². The molecule has 52 heavy (non-hydrogen) atoms. The molecule has 12 rings (SSSR count). The van der Waals surface area contributed by atoms with Crippen LogP contribution in [0.3, 0.4) is 0 Å². The molecular formula is C49H29NOS. The lowest BCUT2D eigenvalue weighted by molar-refractivity contribution is 0.673. The number of furan rings is 1. The molecule has 1 spiro atoms. The highest BCUT2D eigenvalue weighted by molar-refractivity contribution is 7.26. The molecule has 0 unspecified atom stereocenters. The zero-order valence-electron chi connectivity index (χ0n) is 28.0. The Kier molecular flexibility index (Phi) is 5.62. The number of fused-ring (bicyclic) bond motifs is 17. The van der Waals surface area contributed by atoms with E-state index in [1.54, 1.807) is 0 Å². The van der Waals surface area contributed by atoms with Crippen molar-refractivity contribution in [3.05, 3.63) is 198 Å². The first-order valence-electron chi connectivity index (χ1n) is 17.9. The smallest absolute Gasteiger partial charge is 0.159 e. The monoisotopic (exact) mass is 679 g/mol. The second kappa shape index (κ2) is 10.3. The van der Waals surface area contributed by atoms with Crippen LogP contribution < -0.4 is 4.90 Å². The predicted molar refractivity (Wildman–Crippen MR) is 218 cm³/mol. The highest BCUT2D eigenvalue weighted by Crippen LogP contribution is 2.63. The molecule has 0 bridgehead atoms. The lowest BCUT2D eigenvalue weighted by Crippen LogP contribution is -2.26. The van der Waals surface area contributed by atoms with Gasteiger partial charge in [-0.05, 0) is 93.0 Å². The van der Waals surface area contributed by atoms with Crippen LogP contribution in [0, 0.1) is 0 Å². The zero-order chi connectivity index (χ0) is 34.0. The largest absolute Gasteiger partial charge is 0.453 e. The van der Waals surface area contributed by atoms with E-state index in [1.165, 1.54) is 64.7 Å². The van der Waals surface area contributed by atoms with Crippen LogP contribution in [0.1, 0.15) is 22.3 Å². The summed E-state index contributed by atoms with van der Waals surface area (Å²) in [6.07, 6.45) is 0. The Morgan fingerprint density at radius 3 is 1.73 bits per heavy atom. The van der Waals surface area contributed by atoms with Crippen molar-refractivity contribution in [2.75, 3.05) is 4.90 Å². The van der Waals surface area contributed by atoms with Crippen LogP contribution in [0.4, 0.5) is 17.1 Å². The summed E-state index contributed by atoms with van der Waals surface area (Å²) in [7, 11) is 0. The van der Waals surface area contributed by atoms with Gasteiger partial charge < -0.3 is 9.32 Å². The quantitative estimate of drug-likeness (QED) is 0.185. The number of thiophene rings is 1. The van der Waals surface area contributed by atoms with Crippen molar-refractivity contribution in [1.29, 1.82) is 0 Å². The second-order valence-electron chi connectivity index (χ2n) is 14.0. The average Bonchev–Trinajstić information content (AvgIpc) is 3.94. The normalized spacial score (nSPS) is 13.5. The second-order valence-corrected chi connectivity index (χ2v) is 15.0. The van der Waals surface area contributed by atoms with Crippen LogP contribution in [0.2, 0.25) is 0 Å². The molecular weight excluding hydrogens is 651 g/mol. The summed E-state index contributed by atoms with van der Waals surface area (Å²) in [5, 5.41) is 4.70. The molecule has 10 aromatic rings. The zero-order valence-corrected chi connectivity index (χ0v) is 28.8. The first kappa shape index (κ1) is 28.3. The van der Waals surface area contributed by atoms with Crippen LogP contribution in [0.25, 0.3) is 64.4 Å². The van der Waals surface area contributed by atoms with Crippen LogP contribution in [-0.2, 0) is 5.41 Å². The van der Waals surface area contributed by atoms with Gasteiger partial charge in [0.2, 0.25) is 0 Å². The Labute approximate surface area is 304 Å². The Balaban J connectivity index is 1.15. The fraction of sp³-hybridized carbons (Fsp3) is 0.0204. The molecule has 2 heterocycles. The summed E-state index contributed by atoms with van der Waals surface area (Å²) >= 11 is 1.83. The van der Waals surface area contributed by atoms with Crippen molar-refractivity contribution in [2.45, 2.75) is 5.41 Å². The van der Waals surface area contributed by atoms with Crippen LogP contribution in [-0.4, -0.2) is 0 Å². The average molecular weight is 680 g/mol. The molecule has 0 saturated carbocycles. The van der Waals surface area contributed by atoms with Crippen molar-refractivity contribution >= 4 is 70.5 Å². The first-order chi connectivity index (χ1) is 25.8. The third-order valence-electron chi connectivity index (χ3n) is 11.5. The summed E-state index contributed by atoms with van der Waals surface area (Å²) in [5.41, 5.74) is 15.2. The standard InChI is InChI=1S/C49H29NOS/c1-2-13-30(14-3-1)50(43-23-12-19-36-37-27-28-45-46(48(37)51-47(36)43)38-18-7-11-24-44(38)52-45)31-25-26-35-34-17-6-10-22-41(34)49(42(35)29-31)39-20-8-4-15-32(39)33-16-5-9-21-40(33)49/h1-29H. The summed E-state index contributed by atoms with van der Waals surface area (Å²) in [5.74, 6) is 0. The van der Waals surface area contributed by atoms with Gasteiger partial charge in [0.25, 0.3) is 0 Å². The summed E-state index contributed by atoms with van der Waals surface area (Å²) < 4.78 is 9.60. The van der Waals surface area contributed by atoms with Gasteiger partial charge in [-0.15, -0.1) is 11.3 Å². The van der Waals surface area contributed by atoms with Gasteiger partial charge in [0.1, 0.15) is 5.58 Å². The summed E-state index contributed by atoms with van der Waals surface area (Å²) in [6.45, 7) is 0. The molecule has 242 valence electrons. The molecule has 0 N–H and O–H groups in total. The minimum atomic E-state index is -0.422. The van der Waals surface area contributed by atoms with E-state index in [2.05, 4.69) is 181 Å². The Morgan fingerprint density at radius 2 is 1.00 bits per heavy atom. The summed E-state index contributed by atoms with van der Waals surface area (Å²) in [4.78, 5) is 2.39. The fourth-order valence-corrected chi connectivity index (χ4v) is 10.6. The van der Waals surface area contributed by atoms with Crippen molar-refractivity contribution in [3.8, 4) is 22.3 Å². The van der Waals surface area contributed by atoms with E-state index in [-0.39, 0.29) is 0 Å². The molecule has 0 aliphatic heterocycles. The molecule has 3 heteroatoms. The number of para-hydroxylation sites is 2. The van der Waals surface area contributed by atoms with Crippen molar-refractivity contribution < 1.29 is 4.42 Å². The van der Waals surface area contributed by atoms with Gasteiger partial charge in [-0.2, -0.15) is 0 Å². The maximum absolute atomic E-state index is 7.08. The van der Waals surface area contributed by atoms with Crippen molar-refractivity contribution in [1.82, 2.24) is 0 Å². The van der Waals surface area contributed by atoms with E-state index in [4.69, 9.17) is 4.42 Å². The Bertz CT molecular complexity index is 3030.